The zero-order chi connectivity index (χ0) is 15.5. The Labute approximate surface area is 141 Å². The minimum Gasteiger partial charge on any atom is -0.497 e. The minimum absolute atomic E-state index is 0.453. The summed E-state index contributed by atoms with van der Waals surface area (Å²) in [6.07, 6.45) is 0.561. The van der Waals surface area contributed by atoms with Crippen molar-refractivity contribution in [3.8, 4) is 17.2 Å². The van der Waals surface area contributed by atoms with Gasteiger partial charge in [0.2, 0.25) is 11.8 Å². The highest BCUT2D eigenvalue weighted by Crippen LogP contribution is 2.31. The lowest BCUT2D eigenvalue weighted by atomic mass is 10.1. The number of rotatable bonds is 4. The summed E-state index contributed by atoms with van der Waals surface area (Å²) in [6.45, 7) is 0. The van der Waals surface area contributed by atoms with Gasteiger partial charge in [-0.05, 0) is 51.8 Å². The van der Waals surface area contributed by atoms with Crippen molar-refractivity contribution in [3.63, 3.8) is 0 Å². The van der Waals surface area contributed by atoms with Crippen LogP contribution in [-0.4, -0.2) is 17.3 Å². The largest absolute Gasteiger partial charge is 0.497 e. The first-order chi connectivity index (χ1) is 10.7. The van der Waals surface area contributed by atoms with Crippen molar-refractivity contribution in [3.05, 3.63) is 63.4 Å². The van der Waals surface area contributed by atoms with Crippen LogP contribution in [0.5, 0.6) is 5.75 Å². The van der Waals surface area contributed by atoms with Crippen LogP contribution in [0.3, 0.4) is 0 Å². The van der Waals surface area contributed by atoms with Crippen molar-refractivity contribution in [2.45, 2.75) is 6.42 Å². The van der Waals surface area contributed by atoms with Crippen molar-refractivity contribution >= 4 is 27.5 Å². The van der Waals surface area contributed by atoms with E-state index in [4.69, 9.17) is 20.8 Å². The quantitative estimate of drug-likeness (QED) is 0.656. The number of methoxy groups -OCH3 is 1. The highest BCUT2D eigenvalue weighted by Gasteiger charge is 2.13. The molecule has 0 N–H and O–H groups in total. The van der Waals surface area contributed by atoms with E-state index in [0.717, 1.165) is 21.3 Å². The van der Waals surface area contributed by atoms with Crippen LogP contribution >= 0.6 is 27.5 Å². The molecule has 2 aromatic carbocycles. The standard InChI is InChI=1S/C16H12BrClN2O2/c1-21-12-6-7-14(17)13(9-12)16-20-19-15(22-16)8-10-2-4-11(18)5-3-10/h2-7,9H,8H2,1H3. The van der Waals surface area contributed by atoms with E-state index in [9.17, 15) is 0 Å². The second kappa shape index (κ2) is 6.50. The van der Waals surface area contributed by atoms with E-state index in [1.54, 1.807) is 7.11 Å². The van der Waals surface area contributed by atoms with Crippen LogP contribution in [-0.2, 0) is 6.42 Å². The Balaban J connectivity index is 1.86. The topological polar surface area (TPSA) is 48.2 Å². The van der Waals surface area contributed by atoms with Gasteiger partial charge < -0.3 is 9.15 Å². The molecule has 0 fully saturated rings. The van der Waals surface area contributed by atoms with Gasteiger partial charge in [0.05, 0.1) is 19.1 Å². The van der Waals surface area contributed by atoms with Crippen molar-refractivity contribution in [1.82, 2.24) is 10.2 Å². The maximum atomic E-state index is 5.88. The van der Waals surface area contributed by atoms with Crippen molar-refractivity contribution in [2.75, 3.05) is 7.11 Å². The van der Waals surface area contributed by atoms with Crippen LogP contribution in [0.15, 0.2) is 51.4 Å². The summed E-state index contributed by atoms with van der Waals surface area (Å²) >= 11 is 9.36. The lowest BCUT2D eigenvalue weighted by molar-refractivity contribution is 0.414. The molecular formula is C16H12BrClN2O2. The predicted octanol–water partition coefficient (Wildman–Crippen LogP) is 4.75. The summed E-state index contributed by atoms with van der Waals surface area (Å²) in [5.74, 6) is 1.73. The summed E-state index contributed by atoms with van der Waals surface area (Å²) in [7, 11) is 1.62. The van der Waals surface area contributed by atoms with Gasteiger partial charge in [-0.1, -0.05) is 23.7 Å². The first-order valence-corrected chi connectivity index (χ1v) is 7.73. The highest BCUT2D eigenvalue weighted by molar-refractivity contribution is 9.10. The van der Waals surface area contributed by atoms with E-state index < -0.39 is 0 Å². The predicted molar refractivity (Wildman–Crippen MR) is 88.2 cm³/mol. The maximum absolute atomic E-state index is 5.88. The summed E-state index contributed by atoms with van der Waals surface area (Å²) in [5, 5.41) is 8.91. The molecule has 0 saturated heterocycles. The number of hydrogen-bond donors (Lipinski definition) is 0. The van der Waals surface area contributed by atoms with Crippen LogP contribution in [0.4, 0.5) is 0 Å². The fourth-order valence-corrected chi connectivity index (χ4v) is 2.55. The Bertz CT molecular complexity index is 787. The Morgan fingerprint density at radius 2 is 1.91 bits per heavy atom. The molecule has 0 bridgehead atoms. The molecular weight excluding hydrogens is 368 g/mol. The summed E-state index contributed by atoms with van der Waals surface area (Å²) in [6, 6.07) is 13.2. The molecule has 1 aromatic heterocycles. The van der Waals surface area contributed by atoms with E-state index in [-0.39, 0.29) is 0 Å². The number of aromatic nitrogens is 2. The molecule has 4 nitrogen and oxygen atoms in total. The van der Waals surface area contributed by atoms with Crippen molar-refractivity contribution in [2.24, 2.45) is 0 Å². The van der Waals surface area contributed by atoms with Gasteiger partial charge in [-0.3, -0.25) is 0 Å². The second-order valence-corrected chi connectivity index (χ2v) is 5.94. The molecule has 0 spiro atoms. The molecule has 3 rings (SSSR count). The van der Waals surface area contributed by atoms with Crippen LogP contribution in [0.25, 0.3) is 11.5 Å². The first kappa shape index (κ1) is 15.1. The zero-order valence-electron chi connectivity index (χ0n) is 11.7. The maximum Gasteiger partial charge on any atom is 0.249 e. The molecule has 0 unspecified atom stereocenters. The summed E-state index contributed by atoms with van der Waals surface area (Å²) in [5.41, 5.74) is 1.86. The van der Waals surface area contributed by atoms with Crippen LogP contribution in [0.1, 0.15) is 11.5 Å². The highest BCUT2D eigenvalue weighted by atomic mass is 79.9. The lowest BCUT2D eigenvalue weighted by Crippen LogP contribution is -1.87. The molecule has 22 heavy (non-hydrogen) atoms. The number of benzene rings is 2. The third kappa shape index (κ3) is 3.31. The molecule has 0 aliphatic heterocycles. The Morgan fingerprint density at radius 1 is 1.14 bits per heavy atom. The molecule has 6 heteroatoms. The van der Waals surface area contributed by atoms with E-state index in [2.05, 4.69) is 26.1 Å². The molecule has 0 radical (unpaired) electrons. The average Bonchev–Trinajstić information content (AvgIpc) is 2.98. The Hall–Kier alpha value is -1.85. The second-order valence-electron chi connectivity index (χ2n) is 4.65. The smallest absolute Gasteiger partial charge is 0.249 e. The van der Waals surface area contributed by atoms with Gasteiger partial charge in [0.1, 0.15) is 5.75 Å². The van der Waals surface area contributed by atoms with Crippen molar-refractivity contribution in [1.29, 1.82) is 0 Å². The number of ether oxygens (including phenoxy) is 1. The van der Waals surface area contributed by atoms with Crippen molar-refractivity contribution < 1.29 is 9.15 Å². The average molecular weight is 380 g/mol. The van der Waals surface area contributed by atoms with E-state index in [0.29, 0.717) is 23.2 Å². The van der Waals surface area contributed by atoms with Gasteiger partial charge in [0.15, 0.2) is 0 Å². The van der Waals surface area contributed by atoms with Crippen LogP contribution in [0, 0.1) is 0 Å². The fraction of sp³-hybridized carbons (Fsp3) is 0.125. The molecule has 0 amide bonds. The van der Waals surface area contributed by atoms with Gasteiger partial charge in [-0.25, -0.2) is 0 Å². The minimum atomic E-state index is 0.453. The van der Waals surface area contributed by atoms with Gasteiger partial charge in [-0.2, -0.15) is 0 Å². The number of halogens is 2. The number of hydrogen-bond acceptors (Lipinski definition) is 4. The molecule has 3 aromatic rings. The van der Waals surface area contributed by atoms with Crippen LogP contribution < -0.4 is 4.74 Å². The SMILES string of the molecule is COc1ccc(Br)c(-c2nnc(Cc3ccc(Cl)cc3)o2)c1. The Morgan fingerprint density at radius 3 is 2.64 bits per heavy atom. The summed E-state index contributed by atoms with van der Waals surface area (Å²) in [4.78, 5) is 0. The van der Waals surface area contributed by atoms with E-state index >= 15 is 0 Å². The zero-order valence-corrected chi connectivity index (χ0v) is 14.1. The first-order valence-electron chi connectivity index (χ1n) is 6.56. The monoisotopic (exact) mass is 378 g/mol. The number of nitrogens with zero attached hydrogens (tertiary/aromatic N) is 2. The summed E-state index contributed by atoms with van der Waals surface area (Å²) < 4.78 is 11.8. The van der Waals surface area contributed by atoms with E-state index in [1.807, 2.05) is 42.5 Å². The molecule has 112 valence electrons. The molecule has 0 saturated carbocycles. The Kier molecular flexibility index (Phi) is 4.45. The molecule has 0 aliphatic rings. The van der Waals surface area contributed by atoms with Gasteiger partial charge >= 0.3 is 0 Å². The van der Waals surface area contributed by atoms with Crippen LogP contribution in [0.2, 0.25) is 5.02 Å². The van der Waals surface area contributed by atoms with Gasteiger partial charge in [0, 0.05) is 9.50 Å². The molecule has 0 aliphatic carbocycles. The third-order valence-electron chi connectivity index (χ3n) is 3.14. The third-order valence-corrected chi connectivity index (χ3v) is 4.08. The van der Waals surface area contributed by atoms with Gasteiger partial charge in [0.25, 0.3) is 0 Å². The fourth-order valence-electron chi connectivity index (χ4n) is 2.01. The lowest BCUT2D eigenvalue weighted by Gasteiger charge is -2.03. The van der Waals surface area contributed by atoms with Gasteiger partial charge in [-0.15, -0.1) is 10.2 Å². The molecule has 1 heterocycles. The van der Waals surface area contributed by atoms with E-state index in [1.165, 1.54) is 0 Å². The normalized spacial score (nSPS) is 10.7. The molecule has 0 atom stereocenters.